The maximum absolute atomic E-state index is 13.9. The first-order valence-electron chi connectivity index (χ1n) is 6.16. The zero-order valence-electron chi connectivity index (χ0n) is 11.2. The number of carbonyl (C=O) groups is 1. The van der Waals surface area contributed by atoms with E-state index < -0.39 is 0 Å². The average molecular weight is 310 g/mol. The fourth-order valence-corrected chi connectivity index (χ4v) is 2.89. The van der Waals surface area contributed by atoms with Gasteiger partial charge in [0.1, 0.15) is 15.7 Å². The number of hydrogen-bond acceptors (Lipinski definition) is 4. The van der Waals surface area contributed by atoms with Crippen molar-refractivity contribution in [2.75, 3.05) is 12.3 Å². The predicted molar refractivity (Wildman–Crippen MR) is 83.2 cm³/mol. The van der Waals surface area contributed by atoms with Gasteiger partial charge >= 0.3 is 0 Å². The van der Waals surface area contributed by atoms with Crippen molar-refractivity contribution in [1.29, 1.82) is 0 Å². The Balaban J connectivity index is 2.33. The van der Waals surface area contributed by atoms with Crippen molar-refractivity contribution in [1.82, 2.24) is 10.3 Å². The number of hydrogen-bond donors (Lipinski definition) is 2. The number of carbonyl (C=O) groups excluding carboxylic acids is 1. The van der Waals surface area contributed by atoms with Gasteiger partial charge in [-0.05, 0) is 31.5 Å². The number of benzene rings is 1. The molecule has 20 heavy (non-hydrogen) atoms. The minimum Gasteiger partial charge on any atom is -0.350 e. The smallest absolute Gasteiger partial charge is 0.263 e. The Labute approximate surface area is 126 Å². The van der Waals surface area contributed by atoms with Gasteiger partial charge < -0.3 is 5.32 Å². The quantitative estimate of drug-likeness (QED) is 0.851. The molecule has 1 heterocycles. The molecule has 0 atom stereocenters. The number of rotatable bonds is 4. The van der Waals surface area contributed by atoms with E-state index in [2.05, 4.69) is 22.9 Å². The highest BCUT2D eigenvalue weighted by atomic mass is 32.1. The van der Waals surface area contributed by atoms with Gasteiger partial charge in [-0.3, -0.25) is 4.79 Å². The van der Waals surface area contributed by atoms with Gasteiger partial charge in [0.15, 0.2) is 0 Å². The van der Waals surface area contributed by atoms with Crippen LogP contribution in [0.5, 0.6) is 0 Å². The molecule has 3 nitrogen and oxygen atoms in total. The molecule has 0 saturated heterocycles. The van der Waals surface area contributed by atoms with Gasteiger partial charge in [0, 0.05) is 17.9 Å². The van der Waals surface area contributed by atoms with Crippen LogP contribution in [0.15, 0.2) is 18.2 Å². The lowest BCUT2D eigenvalue weighted by Crippen LogP contribution is -2.25. The topological polar surface area (TPSA) is 42.0 Å². The minimum atomic E-state index is -0.318. The van der Waals surface area contributed by atoms with E-state index in [9.17, 15) is 9.18 Å². The van der Waals surface area contributed by atoms with E-state index in [0.717, 1.165) is 5.56 Å². The van der Waals surface area contributed by atoms with Crippen molar-refractivity contribution in [3.63, 3.8) is 0 Å². The first-order chi connectivity index (χ1) is 9.52. The second-order valence-electron chi connectivity index (χ2n) is 4.40. The van der Waals surface area contributed by atoms with Crippen LogP contribution < -0.4 is 5.32 Å². The maximum Gasteiger partial charge on any atom is 0.263 e. The molecule has 2 rings (SSSR count). The third-order valence-electron chi connectivity index (χ3n) is 2.76. The molecule has 2 aromatic rings. The molecule has 0 saturated carbocycles. The molecule has 0 radical (unpaired) electrons. The first kappa shape index (κ1) is 15.0. The monoisotopic (exact) mass is 310 g/mol. The summed E-state index contributed by atoms with van der Waals surface area (Å²) in [5.41, 5.74) is 1.89. The molecule has 0 bridgehead atoms. The Hall–Kier alpha value is -1.40. The van der Waals surface area contributed by atoms with E-state index in [1.165, 1.54) is 17.4 Å². The van der Waals surface area contributed by atoms with E-state index in [-0.39, 0.29) is 11.7 Å². The van der Waals surface area contributed by atoms with E-state index in [1.54, 1.807) is 13.0 Å². The molecule has 1 aromatic heterocycles. The number of aromatic nitrogens is 1. The highest BCUT2D eigenvalue weighted by Gasteiger charge is 2.17. The number of amides is 1. The summed E-state index contributed by atoms with van der Waals surface area (Å²) in [4.78, 5) is 16.8. The SMILES string of the molecule is Cc1ccc(-c2nc(C)c(C(=O)NCCS)s2)c(F)c1. The average Bonchev–Trinajstić information content (AvgIpc) is 2.78. The molecule has 6 heteroatoms. The van der Waals surface area contributed by atoms with E-state index in [0.29, 0.717) is 33.4 Å². The van der Waals surface area contributed by atoms with Gasteiger partial charge in [-0.1, -0.05) is 6.07 Å². The van der Waals surface area contributed by atoms with Gasteiger partial charge in [0.2, 0.25) is 0 Å². The summed E-state index contributed by atoms with van der Waals surface area (Å²) >= 11 is 5.25. The zero-order chi connectivity index (χ0) is 14.7. The molecule has 1 N–H and O–H groups in total. The number of aryl methyl sites for hydroxylation is 2. The Morgan fingerprint density at radius 3 is 2.85 bits per heavy atom. The summed E-state index contributed by atoms with van der Waals surface area (Å²) in [7, 11) is 0. The molecule has 0 aliphatic heterocycles. The summed E-state index contributed by atoms with van der Waals surface area (Å²) in [5.74, 6) is 0.0668. The minimum absolute atomic E-state index is 0.187. The van der Waals surface area contributed by atoms with Gasteiger partial charge in [-0.2, -0.15) is 12.6 Å². The second kappa shape index (κ2) is 6.37. The third-order valence-corrected chi connectivity index (χ3v) is 4.17. The van der Waals surface area contributed by atoms with Crippen LogP contribution in [0.3, 0.4) is 0 Å². The fourth-order valence-electron chi connectivity index (χ4n) is 1.77. The van der Waals surface area contributed by atoms with E-state index in [4.69, 9.17) is 0 Å². The Morgan fingerprint density at radius 1 is 1.45 bits per heavy atom. The fraction of sp³-hybridized carbons (Fsp3) is 0.286. The summed E-state index contributed by atoms with van der Waals surface area (Å²) < 4.78 is 13.9. The number of nitrogens with one attached hydrogen (secondary N) is 1. The summed E-state index contributed by atoms with van der Waals surface area (Å²) in [6.07, 6.45) is 0. The van der Waals surface area contributed by atoms with E-state index >= 15 is 0 Å². The molecule has 1 aromatic carbocycles. The molecule has 0 aliphatic rings. The van der Waals surface area contributed by atoms with Crippen LogP contribution in [-0.4, -0.2) is 23.2 Å². The van der Waals surface area contributed by atoms with Crippen LogP contribution >= 0.6 is 24.0 Å². The van der Waals surface area contributed by atoms with Gasteiger partial charge in [-0.25, -0.2) is 9.37 Å². The van der Waals surface area contributed by atoms with Crippen LogP contribution in [0, 0.1) is 19.7 Å². The van der Waals surface area contributed by atoms with Crippen LogP contribution in [-0.2, 0) is 0 Å². The first-order valence-corrected chi connectivity index (χ1v) is 7.61. The standard InChI is InChI=1S/C14H15FN2OS2/c1-8-3-4-10(11(15)7-8)14-17-9(2)12(20-14)13(18)16-5-6-19/h3-4,7,19H,5-6H2,1-2H3,(H,16,18). The molecule has 1 amide bonds. The lowest BCUT2D eigenvalue weighted by atomic mass is 10.1. The number of halogens is 1. The molecule has 0 spiro atoms. The molecular formula is C14H15FN2OS2. The zero-order valence-corrected chi connectivity index (χ0v) is 12.9. The van der Waals surface area contributed by atoms with Crippen molar-refractivity contribution in [2.45, 2.75) is 13.8 Å². The Bertz CT molecular complexity index is 640. The van der Waals surface area contributed by atoms with Crippen LogP contribution in [0.1, 0.15) is 20.9 Å². The maximum atomic E-state index is 13.9. The lowest BCUT2D eigenvalue weighted by Gasteiger charge is -2.00. The number of thiazole rings is 1. The Morgan fingerprint density at radius 2 is 2.20 bits per heavy atom. The number of nitrogens with zero attached hydrogens (tertiary/aromatic N) is 1. The van der Waals surface area contributed by atoms with Crippen molar-refractivity contribution >= 4 is 29.9 Å². The largest absolute Gasteiger partial charge is 0.350 e. The van der Waals surface area contributed by atoms with Crippen LogP contribution in [0.25, 0.3) is 10.6 Å². The summed E-state index contributed by atoms with van der Waals surface area (Å²) in [6, 6.07) is 4.99. The van der Waals surface area contributed by atoms with Gasteiger partial charge in [-0.15, -0.1) is 11.3 Å². The molecular weight excluding hydrogens is 295 g/mol. The Kier molecular flexibility index (Phi) is 4.77. The lowest BCUT2D eigenvalue weighted by molar-refractivity contribution is 0.0959. The molecule has 0 fully saturated rings. The van der Waals surface area contributed by atoms with Gasteiger partial charge in [0.25, 0.3) is 5.91 Å². The van der Waals surface area contributed by atoms with Crippen molar-refractivity contribution in [3.8, 4) is 10.6 Å². The van der Waals surface area contributed by atoms with Crippen LogP contribution in [0.4, 0.5) is 4.39 Å². The predicted octanol–water partition coefficient (Wildman–Crippen LogP) is 3.23. The highest BCUT2D eigenvalue weighted by Crippen LogP contribution is 2.30. The molecule has 0 unspecified atom stereocenters. The van der Waals surface area contributed by atoms with Crippen LogP contribution in [0.2, 0.25) is 0 Å². The number of thiol groups is 1. The third kappa shape index (κ3) is 3.19. The summed E-state index contributed by atoms with van der Waals surface area (Å²) in [6.45, 7) is 4.07. The van der Waals surface area contributed by atoms with Crippen molar-refractivity contribution in [2.24, 2.45) is 0 Å². The second-order valence-corrected chi connectivity index (χ2v) is 5.84. The summed E-state index contributed by atoms with van der Waals surface area (Å²) in [5, 5.41) is 3.26. The van der Waals surface area contributed by atoms with Crippen molar-refractivity contribution < 1.29 is 9.18 Å². The van der Waals surface area contributed by atoms with Gasteiger partial charge in [0.05, 0.1) is 5.69 Å². The molecule has 106 valence electrons. The van der Waals surface area contributed by atoms with E-state index in [1.807, 2.05) is 13.0 Å². The van der Waals surface area contributed by atoms with Crippen molar-refractivity contribution in [3.05, 3.63) is 40.2 Å². The molecule has 0 aliphatic carbocycles. The highest BCUT2D eigenvalue weighted by molar-refractivity contribution is 7.80. The normalized spacial score (nSPS) is 10.6.